The third kappa shape index (κ3) is 2.86. The van der Waals surface area contributed by atoms with Crippen LogP contribution >= 0.6 is 11.3 Å². The summed E-state index contributed by atoms with van der Waals surface area (Å²) in [7, 11) is 2.13. The molecule has 1 aromatic heterocycles. The first-order valence-electron chi connectivity index (χ1n) is 7.14. The molecule has 1 N–H and O–H groups in total. The molecule has 1 aliphatic carbocycles. The first-order chi connectivity index (χ1) is 9.74. The van der Waals surface area contributed by atoms with Gasteiger partial charge in [-0.3, -0.25) is 0 Å². The predicted molar refractivity (Wildman–Crippen MR) is 83.3 cm³/mol. The highest BCUT2D eigenvalue weighted by Crippen LogP contribution is 2.31. The van der Waals surface area contributed by atoms with Gasteiger partial charge in [-0.25, -0.2) is 4.98 Å². The molecule has 106 valence electrons. The number of aliphatic hydroxyl groups excluding tert-OH is 1. The van der Waals surface area contributed by atoms with E-state index in [-0.39, 0.29) is 0 Å². The fourth-order valence-corrected chi connectivity index (χ4v) is 3.35. The summed E-state index contributed by atoms with van der Waals surface area (Å²) in [5, 5.41) is 13.4. The Morgan fingerprint density at radius 2 is 2.10 bits per heavy atom. The first kappa shape index (κ1) is 13.6. The van der Waals surface area contributed by atoms with Gasteiger partial charge in [0, 0.05) is 24.9 Å². The molecule has 4 heteroatoms. The third-order valence-electron chi connectivity index (χ3n) is 4.05. The average Bonchev–Trinajstić information content (AvgIpc) is 2.86. The number of thiazole rings is 1. The second-order valence-corrected chi connectivity index (χ2v) is 6.28. The topological polar surface area (TPSA) is 36.4 Å². The summed E-state index contributed by atoms with van der Waals surface area (Å²) < 4.78 is 0. The largest absolute Gasteiger partial charge is 0.388 e. The minimum atomic E-state index is -0.472. The maximum atomic E-state index is 10.2. The molecule has 2 aromatic rings. The molecule has 0 amide bonds. The van der Waals surface area contributed by atoms with Gasteiger partial charge in [-0.15, -0.1) is 11.3 Å². The maximum Gasteiger partial charge on any atom is 0.185 e. The highest BCUT2D eigenvalue weighted by molar-refractivity contribution is 7.13. The normalized spacial score (nSPS) is 16.7. The van der Waals surface area contributed by atoms with E-state index in [1.54, 1.807) is 11.3 Å². The van der Waals surface area contributed by atoms with Crippen LogP contribution in [0.3, 0.4) is 0 Å². The summed E-state index contributed by atoms with van der Waals surface area (Å²) in [4.78, 5) is 6.95. The number of nitrogens with zero attached hydrogens (tertiary/aromatic N) is 2. The molecule has 1 aliphatic rings. The molecule has 0 saturated heterocycles. The zero-order chi connectivity index (χ0) is 13.9. The molecule has 1 heterocycles. The van der Waals surface area contributed by atoms with Crippen LogP contribution in [-0.4, -0.2) is 23.2 Å². The van der Waals surface area contributed by atoms with Crippen molar-refractivity contribution >= 4 is 16.5 Å². The van der Waals surface area contributed by atoms with Gasteiger partial charge in [0.05, 0.1) is 11.8 Å². The highest BCUT2D eigenvalue weighted by atomic mass is 32.1. The quantitative estimate of drug-likeness (QED) is 0.916. The molecule has 0 bridgehead atoms. The fourth-order valence-electron chi connectivity index (χ4n) is 2.47. The summed E-state index contributed by atoms with van der Waals surface area (Å²) in [5.74, 6) is 0. The SMILES string of the molecule is CN(c1nc(CC(O)c2ccccc2)cs1)C1CCC1. The molecule has 3 nitrogen and oxygen atoms in total. The molecule has 1 unspecified atom stereocenters. The van der Waals surface area contributed by atoms with Crippen LogP contribution in [0.15, 0.2) is 35.7 Å². The molecular weight excluding hydrogens is 268 g/mol. The lowest BCUT2D eigenvalue weighted by Crippen LogP contribution is -2.37. The van der Waals surface area contributed by atoms with Crippen molar-refractivity contribution in [3.63, 3.8) is 0 Å². The van der Waals surface area contributed by atoms with Gasteiger partial charge in [0.2, 0.25) is 0 Å². The van der Waals surface area contributed by atoms with E-state index in [0.29, 0.717) is 12.5 Å². The van der Waals surface area contributed by atoms with Gasteiger partial charge >= 0.3 is 0 Å². The molecule has 0 spiro atoms. The number of aliphatic hydroxyl groups is 1. The lowest BCUT2D eigenvalue weighted by atomic mass is 9.92. The Hall–Kier alpha value is -1.39. The lowest BCUT2D eigenvalue weighted by molar-refractivity contribution is 0.177. The third-order valence-corrected chi connectivity index (χ3v) is 5.03. The summed E-state index contributed by atoms with van der Waals surface area (Å²) in [6, 6.07) is 10.4. The van der Waals surface area contributed by atoms with Crippen LogP contribution in [-0.2, 0) is 6.42 Å². The van der Waals surface area contributed by atoms with Crippen LogP contribution < -0.4 is 4.90 Å². The van der Waals surface area contributed by atoms with E-state index in [4.69, 9.17) is 0 Å². The van der Waals surface area contributed by atoms with Crippen LogP contribution in [0.1, 0.15) is 36.6 Å². The van der Waals surface area contributed by atoms with E-state index in [2.05, 4.69) is 22.3 Å². The second kappa shape index (κ2) is 5.94. The highest BCUT2D eigenvalue weighted by Gasteiger charge is 2.24. The number of aromatic nitrogens is 1. The van der Waals surface area contributed by atoms with Gasteiger partial charge in [0.15, 0.2) is 5.13 Å². The van der Waals surface area contributed by atoms with Gasteiger partial charge in [0.1, 0.15) is 0 Å². The molecule has 1 atom stereocenters. The first-order valence-corrected chi connectivity index (χ1v) is 8.02. The summed E-state index contributed by atoms with van der Waals surface area (Å²) in [6.07, 6.45) is 4.00. The van der Waals surface area contributed by atoms with Crippen molar-refractivity contribution in [1.82, 2.24) is 4.98 Å². The van der Waals surface area contributed by atoms with Crippen molar-refractivity contribution in [1.29, 1.82) is 0 Å². The van der Waals surface area contributed by atoms with E-state index in [9.17, 15) is 5.11 Å². The minimum absolute atomic E-state index is 0.472. The number of hydrogen-bond donors (Lipinski definition) is 1. The molecular formula is C16H20N2OS. The number of rotatable bonds is 5. The van der Waals surface area contributed by atoms with Gasteiger partial charge in [-0.2, -0.15) is 0 Å². The van der Waals surface area contributed by atoms with Crippen molar-refractivity contribution in [3.8, 4) is 0 Å². The van der Waals surface area contributed by atoms with Crippen LogP contribution in [0.25, 0.3) is 0 Å². The standard InChI is InChI=1S/C16H20N2OS/c1-18(14-8-5-9-14)16-17-13(11-20-16)10-15(19)12-6-3-2-4-7-12/h2-4,6-7,11,14-15,19H,5,8-10H2,1H3. The maximum absolute atomic E-state index is 10.2. The van der Waals surface area contributed by atoms with Crippen molar-refractivity contribution in [2.75, 3.05) is 11.9 Å². The van der Waals surface area contributed by atoms with Gasteiger partial charge in [-0.05, 0) is 24.8 Å². The van der Waals surface area contributed by atoms with Crippen molar-refractivity contribution in [2.45, 2.75) is 37.8 Å². The molecule has 20 heavy (non-hydrogen) atoms. The Labute approximate surface area is 123 Å². The smallest absolute Gasteiger partial charge is 0.185 e. The average molecular weight is 288 g/mol. The lowest BCUT2D eigenvalue weighted by Gasteiger charge is -2.34. The van der Waals surface area contributed by atoms with Crippen LogP contribution in [0, 0.1) is 0 Å². The Bertz CT molecular complexity index is 551. The zero-order valence-corrected chi connectivity index (χ0v) is 12.5. The molecule has 1 fully saturated rings. The van der Waals surface area contributed by atoms with Gasteiger partial charge in [0.25, 0.3) is 0 Å². The number of hydrogen-bond acceptors (Lipinski definition) is 4. The van der Waals surface area contributed by atoms with E-state index in [1.165, 1.54) is 19.3 Å². The fraction of sp³-hybridized carbons (Fsp3) is 0.438. The molecule has 0 radical (unpaired) electrons. The molecule has 0 aliphatic heterocycles. The van der Waals surface area contributed by atoms with E-state index >= 15 is 0 Å². The van der Waals surface area contributed by atoms with Crippen LogP contribution in [0.5, 0.6) is 0 Å². The van der Waals surface area contributed by atoms with Crippen molar-refractivity contribution < 1.29 is 5.11 Å². The number of anilines is 1. The van der Waals surface area contributed by atoms with E-state index in [0.717, 1.165) is 16.4 Å². The van der Waals surface area contributed by atoms with Gasteiger partial charge in [-0.1, -0.05) is 30.3 Å². The van der Waals surface area contributed by atoms with Gasteiger partial charge < -0.3 is 10.0 Å². The Morgan fingerprint density at radius 1 is 1.35 bits per heavy atom. The summed E-state index contributed by atoms with van der Waals surface area (Å²) >= 11 is 1.68. The minimum Gasteiger partial charge on any atom is -0.388 e. The predicted octanol–water partition coefficient (Wildman–Crippen LogP) is 3.41. The molecule has 1 saturated carbocycles. The second-order valence-electron chi connectivity index (χ2n) is 5.45. The monoisotopic (exact) mass is 288 g/mol. The Morgan fingerprint density at radius 3 is 2.75 bits per heavy atom. The Balaban J connectivity index is 1.65. The number of benzene rings is 1. The zero-order valence-electron chi connectivity index (χ0n) is 11.7. The van der Waals surface area contributed by atoms with Crippen molar-refractivity contribution in [2.24, 2.45) is 0 Å². The van der Waals surface area contributed by atoms with Crippen LogP contribution in [0.4, 0.5) is 5.13 Å². The van der Waals surface area contributed by atoms with E-state index < -0.39 is 6.10 Å². The van der Waals surface area contributed by atoms with Crippen LogP contribution in [0.2, 0.25) is 0 Å². The summed E-state index contributed by atoms with van der Waals surface area (Å²) in [5.41, 5.74) is 1.93. The van der Waals surface area contributed by atoms with E-state index in [1.807, 2.05) is 30.3 Å². The van der Waals surface area contributed by atoms with Crippen molar-refractivity contribution in [3.05, 3.63) is 47.0 Å². The molecule has 1 aromatic carbocycles. The molecule has 3 rings (SSSR count). The summed E-state index contributed by atoms with van der Waals surface area (Å²) in [6.45, 7) is 0. The Kier molecular flexibility index (Phi) is 4.03.